The molecule has 1 aromatic heterocycles. The van der Waals surface area contributed by atoms with Gasteiger partial charge >= 0.3 is 12.1 Å². The van der Waals surface area contributed by atoms with Gasteiger partial charge in [-0.15, -0.1) is 0 Å². The zero-order valence-corrected chi connectivity index (χ0v) is 10.6. The molecule has 0 atom stereocenters. The Morgan fingerprint density at radius 2 is 2.05 bits per heavy atom. The molecule has 0 aliphatic heterocycles. The quantitative estimate of drug-likeness (QED) is 0.646. The van der Waals surface area contributed by atoms with Crippen molar-refractivity contribution in [2.24, 2.45) is 0 Å². The number of benzene rings is 1. The van der Waals surface area contributed by atoms with Gasteiger partial charge in [0, 0.05) is 17.3 Å². The van der Waals surface area contributed by atoms with Gasteiger partial charge in [-0.25, -0.2) is 14.8 Å². The number of methoxy groups -OCH3 is 1. The number of hydrogen-bond acceptors (Lipinski definition) is 5. The molecular weight excluding hydrogens is 301 g/mol. The molecule has 1 aromatic carbocycles. The number of hydrogen-bond donors (Lipinski definition) is 0. The standard InChI is InChI=1S/C14H7F3N2O3/c1-22-12(21)6-2-3-7-8(4-6)11(20)10-9(7)5-18-13(19-10)14(15,16)17/h2-5H,1H3/i1D3. The first-order valence-electron chi connectivity index (χ1n) is 7.34. The fourth-order valence-electron chi connectivity index (χ4n) is 2.17. The molecule has 0 amide bonds. The van der Waals surface area contributed by atoms with E-state index < -0.39 is 36.5 Å². The van der Waals surface area contributed by atoms with E-state index in [1.807, 2.05) is 0 Å². The van der Waals surface area contributed by atoms with Crippen LogP contribution in [0.3, 0.4) is 0 Å². The molecule has 0 saturated heterocycles. The number of halogens is 3. The summed E-state index contributed by atoms with van der Waals surface area (Å²) in [5.74, 6) is -3.45. The van der Waals surface area contributed by atoms with Crippen LogP contribution in [0, 0.1) is 0 Å². The van der Waals surface area contributed by atoms with Crippen LogP contribution in [0.1, 0.15) is 36.3 Å². The van der Waals surface area contributed by atoms with Crippen molar-refractivity contribution in [3.63, 3.8) is 0 Å². The molecule has 22 heavy (non-hydrogen) atoms. The topological polar surface area (TPSA) is 69.2 Å². The van der Waals surface area contributed by atoms with Crippen LogP contribution < -0.4 is 0 Å². The van der Waals surface area contributed by atoms with Crippen molar-refractivity contribution < 1.29 is 31.6 Å². The first-order chi connectivity index (χ1) is 11.5. The predicted octanol–water partition coefficient (Wildman–Crippen LogP) is 2.49. The average molecular weight is 311 g/mol. The number of carbonyl (C=O) groups is 2. The zero-order chi connectivity index (χ0) is 18.6. The highest BCUT2D eigenvalue weighted by Crippen LogP contribution is 2.37. The maximum Gasteiger partial charge on any atom is 0.451 e. The molecule has 2 aromatic rings. The molecule has 1 heterocycles. The highest BCUT2D eigenvalue weighted by molar-refractivity contribution is 6.21. The summed E-state index contributed by atoms with van der Waals surface area (Å²) in [6, 6.07) is 3.55. The Morgan fingerprint density at radius 3 is 2.73 bits per heavy atom. The van der Waals surface area contributed by atoms with Crippen molar-refractivity contribution in [1.29, 1.82) is 0 Å². The summed E-state index contributed by atoms with van der Waals surface area (Å²) in [6.45, 7) is 0. The minimum Gasteiger partial charge on any atom is -0.465 e. The lowest BCUT2D eigenvalue weighted by Gasteiger charge is -2.05. The van der Waals surface area contributed by atoms with Crippen LogP contribution >= 0.6 is 0 Å². The molecule has 3 rings (SSSR count). The smallest absolute Gasteiger partial charge is 0.451 e. The maximum absolute atomic E-state index is 12.7. The molecule has 1 aliphatic rings. The van der Waals surface area contributed by atoms with Crippen molar-refractivity contribution in [3.05, 3.63) is 47.0 Å². The van der Waals surface area contributed by atoms with Gasteiger partial charge in [-0.2, -0.15) is 13.2 Å². The van der Waals surface area contributed by atoms with Crippen LogP contribution in [-0.2, 0) is 10.9 Å². The second-order valence-corrected chi connectivity index (χ2v) is 4.43. The number of carbonyl (C=O) groups excluding carboxylic acids is 2. The van der Waals surface area contributed by atoms with Crippen molar-refractivity contribution in [3.8, 4) is 11.1 Å². The van der Waals surface area contributed by atoms with Gasteiger partial charge in [0.15, 0.2) is 0 Å². The first kappa shape index (κ1) is 10.9. The molecule has 1 aliphatic carbocycles. The highest BCUT2D eigenvalue weighted by Gasteiger charge is 2.38. The minimum absolute atomic E-state index is 0.0800. The monoisotopic (exact) mass is 311 g/mol. The number of rotatable bonds is 1. The molecule has 5 nitrogen and oxygen atoms in total. The van der Waals surface area contributed by atoms with E-state index >= 15 is 0 Å². The minimum atomic E-state index is -4.81. The molecule has 0 spiro atoms. The van der Waals surface area contributed by atoms with Crippen LogP contribution in [-0.4, -0.2) is 28.8 Å². The van der Waals surface area contributed by atoms with Gasteiger partial charge in [0.1, 0.15) is 5.69 Å². The number of fused-ring (bicyclic) bond motifs is 3. The largest absolute Gasteiger partial charge is 0.465 e. The van der Waals surface area contributed by atoms with Crippen molar-refractivity contribution in [2.45, 2.75) is 6.18 Å². The fourth-order valence-corrected chi connectivity index (χ4v) is 2.17. The van der Waals surface area contributed by atoms with E-state index in [4.69, 9.17) is 4.11 Å². The predicted molar refractivity (Wildman–Crippen MR) is 67.2 cm³/mol. The van der Waals surface area contributed by atoms with Crippen molar-refractivity contribution in [2.75, 3.05) is 7.04 Å². The fraction of sp³-hybridized carbons (Fsp3) is 0.143. The lowest BCUT2D eigenvalue weighted by molar-refractivity contribution is -0.145. The van der Waals surface area contributed by atoms with E-state index in [-0.39, 0.29) is 22.3 Å². The van der Waals surface area contributed by atoms with E-state index in [9.17, 15) is 22.8 Å². The van der Waals surface area contributed by atoms with Gasteiger partial charge in [-0.1, -0.05) is 6.07 Å². The van der Waals surface area contributed by atoms with Gasteiger partial charge < -0.3 is 4.74 Å². The Kier molecular flexibility index (Phi) is 2.29. The molecular formula is C14H7F3N2O3. The van der Waals surface area contributed by atoms with Crippen LogP contribution in [0.5, 0.6) is 0 Å². The second-order valence-electron chi connectivity index (χ2n) is 4.43. The molecule has 0 unspecified atom stereocenters. The third kappa shape index (κ3) is 2.03. The Hall–Kier alpha value is -2.77. The summed E-state index contributed by atoms with van der Waals surface area (Å²) in [7, 11) is -2.96. The van der Waals surface area contributed by atoms with Gasteiger partial charge in [-0.3, -0.25) is 4.79 Å². The van der Waals surface area contributed by atoms with E-state index in [0.29, 0.717) is 0 Å². The molecule has 0 saturated carbocycles. The summed E-state index contributed by atoms with van der Waals surface area (Å²) in [6.07, 6.45) is -3.92. The van der Waals surface area contributed by atoms with E-state index in [1.54, 1.807) is 0 Å². The number of aromatic nitrogens is 2. The van der Waals surface area contributed by atoms with Gasteiger partial charge in [-0.05, 0) is 17.7 Å². The number of ether oxygens (including phenoxy) is 1. The summed E-state index contributed by atoms with van der Waals surface area (Å²) in [5, 5.41) is 0. The average Bonchev–Trinajstić information content (AvgIpc) is 2.77. The van der Waals surface area contributed by atoms with Crippen LogP contribution in [0.2, 0.25) is 0 Å². The summed E-state index contributed by atoms with van der Waals surface area (Å²) >= 11 is 0. The normalized spacial score (nSPS) is 15.4. The molecule has 0 fully saturated rings. The Bertz CT molecular complexity index is 910. The third-order valence-corrected chi connectivity index (χ3v) is 3.14. The van der Waals surface area contributed by atoms with Crippen molar-refractivity contribution >= 4 is 11.8 Å². The molecule has 112 valence electrons. The van der Waals surface area contributed by atoms with E-state index in [1.165, 1.54) is 12.1 Å². The van der Waals surface area contributed by atoms with Gasteiger partial charge in [0.05, 0.1) is 16.7 Å². The SMILES string of the molecule is [2H]C([2H])([2H])OC(=O)c1ccc2c(c1)C(=O)c1nc(C(F)(F)F)ncc1-2. The number of esters is 1. The highest BCUT2D eigenvalue weighted by atomic mass is 19.4. The Labute approximate surface area is 126 Å². The number of ketones is 1. The zero-order valence-electron chi connectivity index (χ0n) is 13.6. The lowest BCUT2D eigenvalue weighted by atomic mass is 10.0. The van der Waals surface area contributed by atoms with Crippen LogP contribution in [0.25, 0.3) is 11.1 Å². The van der Waals surface area contributed by atoms with E-state index in [0.717, 1.165) is 12.3 Å². The van der Waals surface area contributed by atoms with Crippen LogP contribution in [0.4, 0.5) is 13.2 Å². The first-order valence-corrected chi connectivity index (χ1v) is 5.84. The Morgan fingerprint density at radius 1 is 1.27 bits per heavy atom. The summed E-state index contributed by atoms with van der Waals surface area (Å²) < 4.78 is 63.0. The Balaban J connectivity index is 2.02. The molecule has 0 radical (unpaired) electrons. The molecule has 0 bridgehead atoms. The lowest BCUT2D eigenvalue weighted by Crippen LogP contribution is -2.13. The molecule has 8 heteroatoms. The summed E-state index contributed by atoms with van der Waals surface area (Å²) in [5.41, 5.74) is -0.384. The van der Waals surface area contributed by atoms with Crippen LogP contribution in [0.15, 0.2) is 24.4 Å². The number of nitrogens with zero attached hydrogens (tertiary/aromatic N) is 2. The molecule has 0 N–H and O–H groups in total. The van der Waals surface area contributed by atoms with Gasteiger partial charge in [0.25, 0.3) is 0 Å². The van der Waals surface area contributed by atoms with E-state index in [2.05, 4.69) is 14.7 Å². The maximum atomic E-state index is 12.7. The number of alkyl halides is 3. The van der Waals surface area contributed by atoms with Gasteiger partial charge in [0.2, 0.25) is 11.6 Å². The third-order valence-electron chi connectivity index (χ3n) is 3.14. The van der Waals surface area contributed by atoms with Crippen molar-refractivity contribution in [1.82, 2.24) is 9.97 Å². The summed E-state index contributed by atoms with van der Waals surface area (Å²) in [4.78, 5) is 30.5. The second kappa shape index (κ2) is 4.62.